The molecular formula is C18H31IN4O. The number of ether oxygens (including phenoxy) is 1. The van der Waals surface area contributed by atoms with Crippen LogP contribution in [0, 0.1) is 0 Å². The third-order valence-corrected chi connectivity index (χ3v) is 4.08. The Kier molecular flexibility index (Phi) is 10.8. The molecule has 0 aliphatic carbocycles. The summed E-state index contributed by atoms with van der Waals surface area (Å²) < 4.78 is 5.38. The van der Waals surface area contributed by atoms with Gasteiger partial charge in [0, 0.05) is 25.3 Å². The largest absolute Gasteiger partial charge is 0.378 e. The summed E-state index contributed by atoms with van der Waals surface area (Å²) in [5.41, 5.74) is 8.33. The highest BCUT2D eigenvalue weighted by Crippen LogP contribution is 2.17. The second-order valence-corrected chi connectivity index (χ2v) is 5.95. The number of nitrogens with one attached hydrogen (secondary N) is 1. The minimum Gasteiger partial charge on any atom is -0.378 e. The second-order valence-electron chi connectivity index (χ2n) is 5.95. The Hall–Kier alpha value is -1.02. The summed E-state index contributed by atoms with van der Waals surface area (Å²) in [4.78, 5) is 6.75. The number of anilines is 1. The molecule has 1 aliphatic rings. The zero-order chi connectivity index (χ0) is 16.3. The molecule has 0 spiro atoms. The van der Waals surface area contributed by atoms with Gasteiger partial charge in [-0.15, -0.1) is 24.0 Å². The van der Waals surface area contributed by atoms with Gasteiger partial charge in [-0.1, -0.05) is 38.3 Å². The summed E-state index contributed by atoms with van der Waals surface area (Å²) in [6, 6.07) is 8.57. The maximum Gasteiger partial charge on any atom is 0.188 e. The van der Waals surface area contributed by atoms with E-state index in [1.54, 1.807) is 0 Å². The topological polar surface area (TPSA) is 62.9 Å². The van der Waals surface area contributed by atoms with Crippen molar-refractivity contribution in [3.8, 4) is 0 Å². The maximum atomic E-state index is 5.90. The van der Waals surface area contributed by atoms with Crippen LogP contribution < -0.4 is 16.0 Å². The van der Waals surface area contributed by atoms with Gasteiger partial charge in [-0.25, -0.2) is 4.99 Å². The Morgan fingerprint density at radius 2 is 1.88 bits per heavy atom. The number of morpholine rings is 1. The average molecular weight is 446 g/mol. The second kappa shape index (κ2) is 12.4. The molecule has 2 rings (SSSR count). The Morgan fingerprint density at radius 3 is 2.54 bits per heavy atom. The number of hydrogen-bond donors (Lipinski definition) is 2. The van der Waals surface area contributed by atoms with E-state index in [0.29, 0.717) is 12.5 Å². The molecule has 1 saturated heterocycles. The molecule has 6 heteroatoms. The average Bonchev–Trinajstić information content (AvgIpc) is 2.61. The molecule has 1 aromatic rings. The zero-order valence-corrected chi connectivity index (χ0v) is 17.0. The van der Waals surface area contributed by atoms with E-state index < -0.39 is 0 Å². The van der Waals surface area contributed by atoms with E-state index in [9.17, 15) is 0 Å². The van der Waals surface area contributed by atoms with Gasteiger partial charge in [0.1, 0.15) is 0 Å². The van der Waals surface area contributed by atoms with Crippen molar-refractivity contribution in [1.82, 2.24) is 5.32 Å². The van der Waals surface area contributed by atoms with Crippen LogP contribution in [0.3, 0.4) is 0 Å². The van der Waals surface area contributed by atoms with E-state index in [-0.39, 0.29) is 24.0 Å². The van der Waals surface area contributed by atoms with E-state index >= 15 is 0 Å². The first-order chi connectivity index (χ1) is 11.3. The van der Waals surface area contributed by atoms with Crippen molar-refractivity contribution in [2.45, 2.75) is 39.2 Å². The third-order valence-electron chi connectivity index (χ3n) is 4.08. The summed E-state index contributed by atoms with van der Waals surface area (Å²) in [6.07, 6.45) is 4.94. The van der Waals surface area contributed by atoms with Crippen LogP contribution in [0.4, 0.5) is 5.69 Å². The molecule has 0 atom stereocenters. The van der Waals surface area contributed by atoms with Gasteiger partial charge in [0.05, 0.1) is 19.8 Å². The predicted molar refractivity (Wildman–Crippen MR) is 112 cm³/mol. The van der Waals surface area contributed by atoms with E-state index in [1.807, 2.05) is 0 Å². The van der Waals surface area contributed by atoms with Crippen molar-refractivity contribution >= 4 is 35.6 Å². The van der Waals surface area contributed by atoms with Crippen LogP contribution in [0.5, 0.6) is 0 Å². The highest BCUT2D eigenvalue weighted by atomic mass is 127. The van der Waals surface area contributed by atoms with Crippen molar-refractivity contribution in [3.05, 3.63) is 29.8 Å². The molecule has 0 radical (unpaired) electrons. The molecule has 1 aromatic carbocycles. The lowest BCUT2D eigenvalue weighted by molar-refractivity contribution is 0.122. The molecule has 136 valence electrons. The molecule has 0 saturated carbocycles. The minimum absolute atomic E-state index is 0. The predicted octanol–water partition coefficient (Wildman–Crippen LogP) is 3.13. The van der Waals surface area contributed by atoms with Gasteiger partial charge >= 0.3 is 0 Å². The normalized spacial score (nSPS) is 15.0. The lowest BCUT2D eigenvalue weighted by Crippen LogP contribution is -2.36. The van der Waals surface area contributed by atoms with Gasteiger partial charge in [0.25, 0.3) is 0 Å². The number of guanidine groups is 1. The number of rotatable bonds is 8. The Morgan fingerprint density at radius 1 is 1.17 bits per heavy atom. The van der Waals surface area contributed by atoms with Gasteiger partial charge in [-0.3, -0.25) is 0 Å². The number of benzene rings is 1. The first-order valence-corrected chi connectivity index (χ1v) is 8.75. The molecule has 0 unspecified atom stereocenters. The molecule has 0 bridgehead atoms. The quantitative estimate of drug-likeness (QED) is 0.279. The van der Waals surface area contributed by atoms with E-state index in [1.165, 1.54) is 30.5 Å². The summed E-state index contributed by atoms with van der Waals surface area (Å²) in [5, 5.41) is 3.18. The first-order valence-electron chi connectivity index (χ1n) is 8.75. The number of hydrogen-bond acceptors (Lipinski definition) is 3. The highest BCUT2D eigenvalue weighted by molar-refractivity contribution is 14.0. The summed E-state index contributed by atoms with van der Waals surface area (Å²) in [7, 11) is 0. The SMILES string of the molecule is CCCCCCNC(N)=NCc1ccc(N2CCOCC2)cc1.I. The van der Waals surface area contributed by atoms with Crippen molar-refractivity contribution in [2.75, 3.05) is 37.7 Å². The Balaban J connectivity index is 0.00000288. The summed E-state index contributed by atoms with van der Waals surface area (Å²) in [5.74, 6) is 0.541. The number of unbranched alkanes of at least 4 members (excludes halogenated alkanes) is 3. The fraction of sp³-hybridized carbons (Fsp3) is 0.611. The Bertz CT molecular complexity index is 472. The molecule has 1 heterocycles. The van der Waals surface area contributed by atoms with Crippen molar-refractivity contribution in [2.24, 2.45) is 10.7 Å². The van der Waals surface area contributed by atoms with Crippen molar-refractivity contribution in [1.29, 1.82) is 0 Å². The van der Waals surface area contributed by atoms with Gasteiger partial charge in [0.15, 0.2) is 5.96 Å². The molecular weight excluding hydrogens is 415 g/mol. The van der Waals surface area contributed by atoms with E-state index in [2.05, 4.69) is 46.4 Å². The lowest BCUT2D eigenvalue weighted by atomic mass is 10.2. The fourth-order valence-corrected chi connectivity index (χ4v) is 2.63. The van der Waals surface area contributed by atoms with E-state index in [4.69, 9.17) is 10.5 Å². The highest BCUT2D eigenvalue weighted by Gasteiger charge is 2.10. The van der Waals surface area contributed by atoms with Crippen LogP contribution in [0.1, 0.15) is 38.2 Å². The van der Waals surface area contributed by atoms with Gasteiger partial charge < -0.3 is 20.7 Å². The van der Waals surface area contributed by atoms with Crippen molar-refractivity contribution < 1.29 is 4.74 Å². The smallest absolute Gasteiger partial charge is 0.188 e. The van der Waals surface area contributed by atoms with Gasteiger partial charge in [-0.05, 0) is 24.1 Å². The van der Waals surface area contributed by atoms with Crippen LogP contribution in [0.25, 0.3) is 0 Å². The lowest BCUT2D eigenvalue weighted by Gasteiger charge is -2.28. The summed E-state index contributed by atoms with van der Waals surface area (Å²) in [6.45, 7) is 7.30. The standard InChI is InChI=1S/C18H30N4O.HI/c1-2-3-4-5-10-20-18(19)21-15-16-6-8-17(9-7-16)22-11-13-23-14-12-22;/h6-9H,2-5,10-15H2,1H3,(H3,19,20,21);1H. The van der Waals surface area contributed by atoms with Crippen LogP contribution in [0.15, 0.2) is 29.3 Å². The number of nitrogens with zero attached hydrogens (tertiary/aromatic N) is 2. The molecule has 0 aromatic heterocycles. The zero-order valence-electron chi connectivity index (χ0n) is 14.7. The van der Waals surface area contributed by atoms with E-state index in [0.717, 1.165) is 39.3 Å². The molecule has 5 nitrogen and oxygen atoms in total. The number of aliphatic imine (C=N–C) groups is 1. The third kappa shape index (κ3) is 7.70. The van der Waals surface area contributed by atoms with Crippen LogP contribution >= 0.6 is 24.0 Å². The number of halogens is 1. The summed E-state index contributed by atoms with van der Waals surface area (Å²) >= 11 is 0. The molecule has 0 amide bonds. The maximum absolute atomic E-state index is 5.90. The molecule has 3 N–H and O–H groups in total. The van der Waals surface area contributed by atoms with Crippen LogP contribution in [-0.4, -0.2) is 38.8 Å². The van der Waals surface area contributed by atoms with Crippen LogP contribution in [0.2, 0.25) is 0 Å². The molecule has 1 fully saturated rings. The van der Waals surface area contributed by atoms with Gasteiger partial charge in [-0.2, -0.15) is 0 Å². The van der Waals surface area contributed by atoms with Crippen LogP contribution in [-0.2, 0) is 11.3 Å². The first kappa shape index (κ1) is 21.0. The fourth-order valence-electron chi connectivity index (χ4n) is 2.63. The Labute approximate surface area is 163 Å². The molecule has 1 aliphatic heterocycles. The molecule has 24 heavy (non-hydrogen) atoms. The minimum atomic E-state index is 0. The van der Waals surface area contributed by atoms with Crippen molar-refractivity contribution in [3.63, 3.8) is 0 Å². The number of nitrogens with two attached hydrogens (primary N) is 1. The van der Waals surface area contributed by atoms with Gasteiger partial charge in [0.2, 0.25) is 0 Å². The monoisotopic (exact) mass is 446 g/mol.